The molecule has 1 amide bonds. The standard InChI is InChI=1S/C16H11N3O3/c20-16(13-5-1-2-7-15(13)19(21)22)18-14-6-3-4-11-10-17-9-8-12(11)14/h1-10H,(H,18,20). The predicted molar refractivity (Wildman–Crippen MR) is 82.8 cm³/mol. The van der Waals surface area contributed by atoms with Crippen LogP contribution in [0.4, 0.5) is 11.4 Å². The molecule has 0 saturated heterocycles. The maximum absolute atomic E-state index is 12.4. The van der Waals surface area contributed by atoms with Gasteiger partial charge in [0, 0.05) is 34.9 Å². The second kappa shape index (κ2) is 5.61. The normalized spacial score (nSPS) is 10.4. The number of aromatic nitrogens is 1. The van der Waals surface area contributed by atoms with Crippen molar-refractivity contribution in [2.45, 2.75) is 0 Å². The molecule has 3 aromatic rings. The molecule has 0 aliphatic rings. The van der Waals surface area contributed by atoms with Crippen molar-refractivity contribution in [1.29, 1.82) is 0 Å². The summed E-state index contributed by atoms with van der Waals surface area (Å²) in [5.74, 6) is -0.517. The van der Waals surface area contributed by atoms with Crippen LogP contribution in [0.1, 0.15) is 10.4 Å². The van der Waals surface area contributed by atoms with E-state index < -0.39 is 10.8 Å². The van der Waals surface area contributed by atoms with Gasteiger partial charge in [-0.25, -0.2) is 0 Å². The molecule has 0 unspecified atom stereocenters. The van der Waals surface area contributed by atoms with Crippen molar-refractivity contribution >= 4 is 28.1 Å². The number of para-hydroxylation sites is 1. The lowest BCUT2D eigenvalue weighted by atomic mass is 10.1. The Bertz CT molecular complexity index is 872. The number of anilines is 1. The van der Waals surface area contributed by atoms with Gasteiger partial charge in [-0.3, -0.25) is 19.9 Å². The fourth-order valence-electron chi connectivity index (χ4n) is 2.25. The van der Waals surface area contributed by atoms with Gasteiger partial charge < -0.3 is 5.32 Å². The summed E-state index contributed by atoms with van der Waals surface area (Å²) >= 11 is 0. The Kier molecular flexibility index (Phi) is 3.49. The molecule has 2 aromatic carbocycles. The quantitative estimate of drug-likeness (QED) is 0.592. The summed E-state index contributed by atoms with van der Waals surface area (Å²) in [6.45, 7) is 0. The summed E-state index contributed by atoms with van der Waals surface area (Å²) in [6, 6.07) is 13.1. The number of fused-ring (bicyclic) bond motifs is 1. The van der Waals surface area contributed by atoms with E-state index in [1.54, 1.807) is 36.7 Å². The van der Waals surface area contributed by atoms with Crippen molar-refractivity contribution in [3.8, 4) is 0 Å². The van der Waals surface area contributed by atoms with E-state index in [-0.39, 0.29) is 11.3 Å². The summed E-state index contributed by atoms with van der Waals surface area (Å²) < 4.78 is 0. The molecule has 0 fully saturated rings. The molecule has 0 atom stereocenters. The van der Waals surface area contributed by atoms with Crippen LogP contribution in [0, 0.1) is 10.1 Å². The van der Waals surface area contributed by atoms with E-state index in [2.05, 4.69) is 10.3 Å². The van der Waals surface area contributed by atoms with Crippen LogP contribution in [0.5, 0.6) is 0 Å². The van der Waals surface area contributed by atoms with Crippen molar-refractivity contribution in [3.63, 3.8) is 0 Å². The van der Waals surface area contributed by atoms with Crippen LogP contribution in [0.25, 0.3) is 10.8 Å². The minimum Gasteiger partial charge on any atom is -0.321 e. The molecule has 6 heteroatoms. The van der Waals surface area contributed by atoms with E-state index in [0.29, 0.717) is 5.69 Å². The van der Waals surface area contributed by atoms with Gasteiger partial charge in [-0.2, -0.15) is 0 Å². The van der Waals surface area contributed by atoms with Crippen LogP contribution in [0.2, 0.25) is 0 Å². The van der Waals surface area contributed by atoms with Gasteiger partial charge in [0.2, 0.25) is 0 Å². The zero-order valence-electron chi connectivity index (χ0n) is 11.4. The largest absolute Gasteiger partial charge is 0.321 e. The summed E-state index contributed by atoms with van der Waals surface area (Å²) in [6.07, 6.45) is 3.32. The molecular weight excluding hydrogens is 282 g/mol. The molecule has 6 nitrogen and oxygen atoms in total. The molecular formula is C16H11N3O3. The van der Waals surface area contributed by atoms with Crippen LogP contribution < -0.4 is 5.32 Å². The SMILES string of the molecule is O=C(Nc1cccc2cnccc12)c1ccccc1[N+](=O)[O-]. The monoisotopic (exact) mass is 293 g/mol. The highest BCUT2D eigenvalue weighted by molar-refractivity contribution is 6.10. The number of nitro benzene ring substituents is 1. The first-order valence-corrected chi connectivity index (χ1v) is 6.54. The third-order valence-corrected chi connectivity index (χ3v) is 3.27. The zero-order valence-corrected chi connectivity index (χ0v) is 11.4. The Labute approximate surface area is 125 Å². The number of nitrogens with zero attached hydrogens (tertiary/aromatic N) is 2. The molecule has 1 aromatic heterocycles. The van der Waals surface area contributed by atoms with Gasteiger partial charge in [-0.05, 0) is 18.2 Å². The Hall–Kier alpha value is -3.28. The second-order valence-electron chi connectivity index (χ2n) is 4.63. The van der Waals surface area contributed by atoms with E-state index >= 15 is 0 Å². The van der Waals surface area contributed by atoms with E-state index in [1.807, 2.05) is 6.07 Å². The minimum atomic E-state index is -0.568. The molecule has 0 spiro atoms. The average molecular weight is 293 g/mol. The van der Waals surface area contributed by atoms with Crippen molar-refractivity contribution in [3.05, 3.63) is 76.6 Å². The van der Waals surface area contributed by atoms with Gasteiger partial charge in [-0.15, -0.1) is 0 Å². The number of benzene rings is 2. The van der Waals surface area contributed by atoms with Gasteiger partial charge in [0.05, 0.1) is 4.92 Å². The smallest absolute Gasteiger partial charge is 0.282 e. The Morgan fingerprint density at radius 2 is 1.91 bits per heavy atom. The molecule has 0 bridgehead atoms. The second-order valence-corrected chi connectivity index (χ2v) is 4.63. The average Bonchev–Trinajstić information content (AvgIpc) is 2.55. The topological polar surface area (TPSA) is 85.1 Å². The number of nitro groups is 1. The third-order valence-electron chi connectivity index (χ3n) is 3.27. The molecule has 0 aliphatic carbocycles. The van der Waals surface area contributed by atoms with Gasteiger partial charge in [-0.1, -0.05) is 24.3 Å². The van der Waals surface area contributed by atoms with Gasteiger partial charge in [0.15, 0.2) is 0 Å². The summed E-state index contributed by atoms with van der Waals surface area (Å²) in [5, 5.41) is 15.4. The first-order chi connectivity index (χ1) is 10.7. The number of hydrogen-bond acceptors (Lipinski definition) is 4. The number of hydrogen-bond donors (Lipinski definition) is 1. The van der Waals surface area contributed by atoms with E-state index in [1.165, 1.54) is 18.2 Å². The first-order valence-electron chi connectivity index (χ1n) is 6.54. The Balaban J connectivity index is 1.99. The number of pyridine rings is 1. The highest BCUT2D eigenvalue weighted by Gasteiger charge is 2.19. The molecule has 0 radical (unpaired) electrons. The molecule has 0 aliphatic heterocycles. The van der Waals surface area contributed by atoms with Crippen LogP contribution in [-0.2, 0) is 0 Å². The fourth-order valence-corrected chi connectivity index (χ4v) is 2.25. The Morgan fingerprint density at radius 1 is 1.09 bits per heavy atom. The molecule has 3 rings (SSSR count). The van der Waals surface area contributed by atoms with Crippen molar-refractivity contribution in [1.82, 2.24) is 4.98 Å². The predicted octanol–water partition coefficient (Wildman–Crippen LogP) is 3.40. The van der Waals surface area contributed by atoms with Crippen LogP contribution in [0.15, 0.2) is 60.9 Å². The van der Waals surface area contributed by atoms with Gasteiger partial charge in [0.25, 0.3) is 11.6 Å². The number of carbonyl (C=O) groups is 1. The summed E-state index contributed by atoms with van der Waals surface area (Å²) in [7, 11) is 0. The van der Waals surface area contributed by atoms with Crippen LogP contribution >= 0.6 is 0 Å². The Morgan fingerprint density at radius 3 is 2.73 bits per heavy atom. The van der Waals surface area contributed by atoms with Gasteiger partial charge in [0.1, 0.15) is 5.56 Å². The maximum atomic E-state index is 12.4. The number of carbonyl (C=O) groups excluding carboxylic acids is 1. The molecule has 0 saturated carbocycles. The number of amides is 1. The molecule has 108 valence electrons. The lowest BCUT2D eigenvalue weighted by Crippen LogP contribution is -2.14. The minimum absolute atomic E-state index is 0.0264. The molecule has 22 heavy (non-hydrogen) atoms. The lowest BCUT2D eigenvalue weighted by Gasteiger charge is -2.08. The van der Waals surface area contributed by atoms with E-state index in [0.717, 1.165) is 10.8 Å². The van der Waals surface area contributed by atoms with Gasteiger partial charge >= 0.3 is 0 Å². The highest BCUT2D eigenvalue weighted by Crippen LogP contribution is 2.24. The van der Waals surface area contributed by atoms with Crippen molar-refractivity contribution in [2.24, 2.45) is 0 Å². The fraction of sp³-hybridized carbons (Fsp3) is 0. The summed E-state index contributed by atoms with van der Waals surface area (Å²) in [4.78, 5) is 26.8. The number of rotatable bonds is 3. The maximum Gasteiger partial charge on any atom is 0.282 e. The lowest BCUT2D eigenvalue weighted by molar-refractivity contribution is -0.385. The third kappa shape index (κ3) is 2.49. The van der Waals surface area contributed by atoms with Crippen LogP contribution in [-0.4, -0.2) is 15.8 Å². The highest BCUT2D eigenvalue weighted by atomic mass is 16.6. The zero-order chi connectivity index (χ0) is 15.5. The molecule has 1 heterocycles. The first kappa shape index (κ1) is 13.7. The molecule has 1 N–H and O–H groups in total. The van der Waals surface area contributed by atoms with Crippen molar-refractivity contribution < 1.29 is 9.72 Å². The summed E-state index contributed by atoms with van der Waals surface area (Å²) in [5.41, 5.74) is 0.392. The number of nitrogens with one attached hydrogen (secondary N) is 1. The van der Waals surface area contributed by atoms with E-state index in [4.69, 9.17) is 0 Å². The van der Waals surface area contributed by atoms with E-state index in [9.17, 15) is 14.9 Å². The van der Waals surface area contributed by atoms with Crippen LogP contribution in [0.3, 0.4) is 0 Å². The van der Waals surface area contributed by atoms with Crippen molar-refractivity contribution in [2.75, 3.05) is 5.32 Å².